The summed E-state index contributed by atoms with van der Waals surface area (Å²) >= 11 is 0. The molecule has 29 heavy (non-hydrogen) atoms. The van der Waals surface area contributed by atoms with Crippen LogP contribution in [-0.4, -0.2) is 39.1 Å². The number of aliphatic imine (C=N–C) groups is 1. The second kappa shape index (κ2) is 8.68. The number of hydrogen-bond donors (Lipinski definition) is 4. The number of benzene rings is 1. The molecule has 1 aliphatic rings. The van der Waals surface area contributed by atoms with Crippen molar-refractivity contribution in [3.63, 3.8) is 0 Å². The SMILES string of the molecule is CCOc1ccc(F)cc1S(O)(O)Nc1cnc2c(c1)C(C=CN)=N[C@H](C)CO2. The zero-order chi connectivity index (χ0) is 21.0. The number of allylic oxidation sites excluding steroid dienone is 1. The molecule has 0 bridgehead atoms. The molecule has 0 aliphatic carbocycles. The zero-order valence-electron chi connectivity index (χ0n) is 16.0. The summed E-state index contributed by atoms with van der Waals surface area (Å²) in [5.41, 5.74) is 6.91. The largest absolute Gasteiger partial charge is 0.492 e. The van der Waals surface area contributed by atoms with E-state index in [1.54, 1.807) is 19.1 Å². The van der Waals surface area contributed by atoms with E-state index in [9.17, 15) is 13.5 Å². The van der Waals surface area contributed by atoms with Gasteiger partial charge in [-0.15, -0.1) is 0 Å². The van der Waals surface area contributed by atoms with Crippen molar-refractivity contribution in [2.24, 2.45) is 10.7 Å². The third-order valence-corrected chi connectivity index (χ3v) is 5.43. The molecule has 1 atom stereocenters. The second-order valence-corrected chi connectivity index (χ2v) is 8.03. The number of anilines is 1. The normalized spacial score (nSPS) is 17.1. The summed E-state index contributed by atoms with van der Waals surface area (Å²) < 4.78 is 48.8. The molecule has 3 rings (SSSR count). The van der Waals surface area contributed by atoms with Gasteiger partial charge >= 0.3 is 0 Å². The minimum Gasteiger partial charge on any atom is -0.492 e. The van der Waals surface area contributed by atoms with Crippen molar-refractivity contribution < 1.29 is 23.0 Å². The van der Waals surface area contributed by atoms with Crippen LogP contribution in [0.3, 0.4) is 0 Å². The lowest BCUT2D eigenvalue weighted by atomic mass is 10.1. The molecule has 0 spiro atoms. The number of nitrogens with zero attached hydrogens (tertiary/aromatic N) is 2. The third kappa shape index (κ3) is 4.78. The van der Waals surface area contributed by atoms with Crippen molar-refractivity contribution in [3.05, 3.63) is 54.1 Å². The monoisotopic (exact) mass is 422 g/mol. The van der Waals surface area contributed by atoms with Crippen LogP contribution < -0.4 is 19.9 Å². The molecule has 0 saturated heterocycles. The minimum atomic E-state index is -3.64. The van der Waals surface area contributed by atoms with Crippen LogP contribution in [0.1, 0.15) is 19.4 Å². The quantitative estimate of drug-likeness (QED) is 0.558. The second-order valence-electron chi connectivity index (χ2n) is 6.29. The topological polar surface area (TPSA) is 122 Å². The van der Waals surface area contributed by atoms with Gasteiger partial charge in [0.15, 0.2) is 0 Å². The van der Waals surface area contributed by atoms with Crippen LogP contribution in [0.4, 0.5) is 10.1 Å². The Kier molecular flexibility index (Phi) is 6.26. The highest BCUT2D eigenvalue weighted by atomic mass is 32.3. The van der Waals surface area contributed by atoms with Gasteiger partial charge in [0, 0.05) is 6.07 Å². The van der Waals surface area contributed by atoms with E-state index in [4.69, 9.17) is 15.2 Å². The van der Waals surface area contributed by atoms with Gasteiger partial charge in [-0.2, -0.15) is 0 Å². The number of rotatable bonds is 6. The summed E-state index contributed by atoms with van der Waals surface area (Å²) in [5, 5.41) is 0. The Morgan fingerprint density at radius 2 is 2.21 bits per heavy atom. The number of halogens is 1. The van der Waals surface area contributed by atoms with Gasteiger partial charge in [-0.25, -0.2) is 9.37 Å². The Hall–Kier alpha value is -2.82. The summed E-state index contributed by atoms with van der Waals surface area (Å²) in [4.78, 5) is 8.68. The van der Waals surface area contributed by atoms with Gasteiger partial charge in [0.25, 0.3) is 0 Å². The summed E-state index contributed by atoms with van der Waals surface area (Å²) in [6.45, 7) is 4.28. The van der Waals surface area contributed by atoms with Crippen molar-refractivity contribution >= 4 is 22.2 Å². The summed E-state index contributed by atoms with van der Waals surface area (Å²) in [6, 6.07) is 5.08. The van der Waals surface area contributed by atoms with Crippen LogP contribution in [0.25, 0.3) is 0 Å². The Morgan fingerprint density at radius 3 is 2.93 bits per heavy atom. The maximum atomic E-state index is 13.7. The van der Waals surface area contributed by atoms with E-state index >= 15 is 0 Å². The number of pyridine rings is 1. The van der Waals surface area contributed by atoms with Gasteiger partial charge in [-0.05, 0) is 44.3 Å². The molecule has 0 amide bonds. The van der Waals surface area contributed by atoms with Crippen LogP contribution in [0.2, 0.25) is 0 Å². The Balaban J connectivity index is 1.98. The number of nitrogens with one attached hydrogen (secondary N) is 1. The van der Waals surface area contributed by atoms with Crippen LogP contribution in [-0.2, 0) is 0 Å². The van der Waals surface area contributed by atoms with Gasteiger partial charge in [-0.1, -0.05) is 10.8 Å². The van der Waals surface area contributed by atoms with Crippen molar-refractivity contribution in [2.45, 2.75) is 24.8 Å². The van der Waals surface area contributed by atoms with Gasteiger partial charge in [0.05, 0.1) is 35.8 Å². The molecule has 0 saturated carbocycles. The summed E-state index contributed by atoms with van der Waals surface area (Å²) in [7, 11) is -3.64. The maximum absolute atomic E-state index is 13.7. The predicted molar refractivity (Wildman–Crippen MR) is 111 cm³/mol. The minimum absolute atomic E-state index is 0.0880. The van der Waals surface area contributed by atoms with E-state index in [0.717, 1.165) is 6.07 Å². The molecular weight excluding hydrogens is 399 g/mol. The fourth-order valence-corrected chi connectivity index (χ4v) is 4.01. The number of hydrogen-bond acceptors (Lipinski definition) is 8. The van der Waals surface area contributed by atoms with Crippen LogP contribution >= 0.6 is 10.8 Å². The Morgan fingerprint density at radius 1 is 1.41 bits per heavy atom. The molecule has 1 aromatic heterocycles. The standard InChI is InChI=1S/C19H23FN4O4S/c1-3-27-17-5-4-13(20)8-18(17)29(25,26)24-14-9-15-16(6-7-21)23-12(2)11-28-19(15)22-10-14/h4-10,12,24-26H,3,11,21H2,1-2H3/t12-/m1/s1. The maximum Gasteiger partial charge on any atom is 0.223 e. The highest BCUT2D eigenvalue weighted by Crippen LogP contribution is 2.52. The van der Waals surface area contributed by atoms with E-state index in [-0.39, 0.29) is 29.0 Å². The molecule has 2 heterocycles. The molecule has 0 fully saturated rings. The predicted octanol–water partition coefficient (Wildman–Crippen LogP) is 3.80. The molecular formula is C19H23FN4O4S. The van der Waals surface area contributed by atoms with Crippen LogP contribution in [0, 0.1) is 5.82 Å². The Labute approximate surface area is 169 Å². The smallest absolute Gasteiger partial charge is 0.223 e. The van der Waals surface area contributed by atoms with Crippen molar-refractivity contribution in [3.8, 4) is 11.6 Å². The third-order valence-electron chi connectivity index (χ3n) is 3.97. The number of aromatic nitrogens is 1. The molecule has 8 nitrogen and oxygen atoms in total. The van der Waals surface area contributed by atoms with Crippen molar-refractivity contribution in [1.82, 2.24) is 4.98 Å². The van der Waals surface area contributed by atoms with Gasteiger partial charge in [0.1, 0.15) is 23.1 Å². The first kappa shape index (κ1) is 20.9. The fraction of sp³-hybridized carbons (Fsp3) is 0.263. The molecule has 156 valence electrons. The van der Waals surface area contributed by atoms with Gasteiger partial charge in [-0.3, -0.25) is 18.8 Å². The molecule has 10 heteroatoms. The molecule has 2 aromatic rings. The first-order valence-corrected chi connectivity index (χ1v) is 10.5. The van der Waals surface area contributed by atoms with Crippen LogP contribution in [0.5, 0.6) is 11.6 Å². The van der Waals surface area contributed by atoms with Gasteiger partial charge in [0.2, 0.25) is 5.88 Å². The van der Waals surface area contributed by atoms with E-state index in [0.29, 0.717) is 23.8 Å². The summed E-state index contributed by atoms with van der Waals surface area (Å²) in [5.74, 6) is -0.0845. The molecule has 1 aromatic carbocycles. The lowest BCUT2D eigenvalue weighted by Crippen LogP contribution is -2.13. The summed E-state index contributed by atoms with van der Waals surface area (Å²) in [6.07, 6.45) is 4.37. The lowest BCUT2D eigenvalue weighted by Gasteiger charge is -2.34. The molecule has 0 unspecified atom stereocenters. The van der Waals surface area contributed by atoms with Crippen LogP contribution in [0.15, 0.2) is 52.6 Å². The molecule has 1 aliphatic heterocycles. The average Bonchev–Trinajstić information content (AvgIpc) is 2.82. The highest BCUT2D eigenvalue weighted by Gasteiger charge is 2.24. The first-order chi connectivity index (χ1) is 13.8. The number of nitrogens with two attached hydrogens (primary N) is 1. The first-order valence-electron chi connectivity index (χ1n) is 8.91. The fourth-order valence-electron chi connectivity index (χ4n) is 2.77. The molecule has 0 radical (unpaired) electrons. The Bertz CT molecular complexity index is 952. The number of ether oxygens (including phenoxy) is 2. The lowest BCUT2D eigenvalue weighted by molar-refractivity contribution is 0.289. The molecule has 5 N–H and O–H groups in total. The zero-order valence-corrected chi connectivity index (χ0v) is 16.8. The van der Waals surface area contributed by atoms with Crippen molar-refractivity contribution in [1.29, 1.82) is 0 Å². The van der Waals surface area contributed by atoms with E-state index in [2.05, 4.69) is 14.7 Å². The van der Waals surface area contributed by atoms with E-state index < -0.39 is 16.6 Å². The van der Waals surface area contributed by atoms with Gasteiger partial charge < -0.3 is 15.2 Å². The van der Waals surface area contributed by atoms with E-state index in [1.165, 1.54) is 24.5 Å². The van der Waals surface area contributed by atoms with Crippen molar-refractivity contribution in [2.75, 3.05) is 17.9 Å². The van der Waals surface area contributed by atoms with E-state index in [1.807, 2.05) is 6.92 Å². The average molecular weight is 422 g/mol. The highest BCUT2D eigenvalue weighted by molar-refractivity contribution is 8.25. The number of fused-ring (bicyclic) bond motifs is 1.